The Morgan fingerprint density at radius 2 is 2.06 bits per heavy atom. The van der Waals surface area contributed by atoms with Gasteiger partial charge in [0.2, 0.25) is 0 Å². The summed E-state index contributed by atoms with van der Waals surface area (Å²) in [5, 5.41) is 0. The molecule has 0 saturated carbocycles. The van der Waals surface area contributed by atoms with Crippen molar-refractivity contribution < 1.29 is 9.18 Å². The lowest BCUT2D eigenvalue weighted by molar-refractivity contribution is 0.0988. The molecule has 1 aromatic heterocycles. The molecule has 4 heteroatoms. The van der Waals surface area contributed by atoms with Gasteiger partial charge in [0.1, 0.15) is 11.6 Å². The Balaban J connectivity index is 2.34. The van der Waals surface area contributed by atoms with Crippen LogP contribution in [-0.2, 0) is 0 Å². The van der Waals surface area contributed by atoms with Gasteiger partial charge in [-0.05, 0) is 31.2 Å². The maximum Gasteiger partial charge on any atom is 0.262 e. The number of carbonyl (C=O) groups is 1. The predicted molar refractivity (Wildman–Crippen MR) is 68.1 cm³/mol. The average molecular weight is 244 g/mol. The number of nitrogens with zero attached hydrogens (tertiary/aromatic N) is 2. The van der Waals surface area contributed by atoms with E-state index in [0.717, 1.165) is 5.56 Å². The van der Waals surface area contributed by atoms with E-state index in [2.05, 4.69) is 4.98 Å². The van der Waals surface area contributed by atoms with E-state index >= 15 is 0 Å². The van der Waals surface area contributed by atoms with Gasteiger partial charge in [0.05, 0.1) is 5.56 Å². The maximum atomic E-state index is 13.6. The SMILES string of the molecule is Cc1ccc(F)c(C(=O)N(C)c2ccccn2)c1. The number of aromatic nitrogens is 1. The molecule has 0 atom stereocenters. The van der Waals surface area contributed by atoms with Crippen molar-refractivity contribution in [1.82, 2.24) is 4.98 Å². The minimum absolute atomic E-state index is 0.0585. The van der Waals surface area contributed by atoms with Crippen LogP contribution in [0.1, 0.15) is 15.9 Å². The number of hydrogen-bond donors (Lipinski definition) is 0. The van der Waals surface area contributed by atoms with Crippen LogP contribution in [0.3, 0.4) is 0 Å². The molecule has 0 fully saturated rings. The maximum absolute atomic E-state index is 13.6. The highest BCUT2D eigenvalue weighted by Gasteiger charge is 2.18. The minimum Gasteiger partial charge on any atom is -0.296 e. The van der Waals surface area contributed by atoms with Crippen LogP contribution in [0.4, 0.5) is 10.2 Å². The van der Waals surface area contributed by atoms with E-state index in [-0.39, 0.29) is 5.56 Å². The number of halogens is 1. The molecule has 0 saturated heterocycles. The highest BCUT2D eigenvalue weighted by atomic mass is 19.1. The number of amides is 1. The fourth-order valence-electron chi connectivity index (χ4n) is 1.64. The first-order valence-electron chi connectivity index (χ1n) is 5.55. The van der Waals surface area contributed by atoms with E-state index in [9.17, 15) is 9.18 Å². The van der Waals surface area contributed by atoms with E-state index in [1.807, 2.05) is 6.92 Å². The van der Waals surface area contributed by atoms with Crippen LogP contribution in [0.15, 0.2) is 42.6 Å². The number of hydrogen-bond acceptors (Lipinski definition) is 2. The third-order valence-electron chi connectivity index (χ3n) is 2.65. The van der Waals surface area contributed by atoms with Gasteiger partial charge < -0.3 is 0 Å². The molecule has 1 aromatic carbocycles. The van der Waals surface area contributed by atoms with Crippen molar-refractivity contribution in [3.05, 3.63) is 59.5 Å². The van der Waals surface area contributed by atoms with E-state index in [1.165, 1.54) is 17.0 Å². The molecule has 1 heterocycles. The van der Waals surface area contributed by atoms with Gasteiger partial charge in [-0.15, -0.1) is 0 Å². The van der Waals surface area contributed by atoms with Gasteiger partial charge in [-0.25, -0.2) is 9.37 Å². The summed E-state index contributed by atoms with van der Waals surface area (Å²) in [5.41, 5.74) is 0.900. The molecule has 0 aliphatic carbocycles. The van der Waals surface area contributed by atoms with Gasteiger partial charge in [-0.3, -0.25) is 9.69 Å². The first-order valence-corrected chi connectivity index (χ1v) is 5.55. The second kappa shape index (κ2) is 4.96. The number of anilines is 1. The summed E-state index contributed by atoms with van der Waals surface area (Å²) < 4.78 is 13.6. The number of pyridine rings is 1. The van der Waals surface area contributed by atoms with E-state index in [0.29, 0.717) is 5.82 Å². The van der Waals surface area contributed by atoms with E-state index < -0.39 is 11.7 Å². The summed E-state index contributed by atoms with van der Waals surface area (Å²) in [6.45, 7) is 1.82. The Morgan fingerprint density at radius 1 is 1.28 bits per heavy atom. The smallest absolute Gasteiger partial charge is 0.262 e. The molecule has 0 spiro atoms. The van der Waals surface area contributed by atoms with Crippen molar-refractivity contribution >= 4 is 11.7 Å². The van der Waals surface area contributed by atoms with E-state index in [1.54, 1.807) is 37.5 Å². The van der Waals surface area contributed by atoms with Crippen LogP contribution in [-0.4, -0.2) is 17.9 Å². The second-order valence-corrected chi connectivity index (χ2v) is 4.04. The Bertz CT molecular complexity index is 569. The topological polar surface area (TPSA) is 33.2 Å². The fourth-order valence-corrected chi connectivity index (χ4v) is 1.64. The van der Waals surface area contributed by atoms with Crippen molar-refractivity contribution in [2.45, 2.75) is 6.92 Å². The molecule has 0 unspecified atom stereocenters. The summed E-state index contributed by atoms with van der Waals surface area (Å²) in [7, 11) is 1.58. The molecular formula is C14H13FN2O. The van der Waals surface area contributed by atoms with Crippen molar-refractivity contribution in [3.63, 3.8) is 0 Å². The highest BCUT2D eigenvalue weighted by molar-refractivity contribution is 6.05. The quantitative estimate of drug-likeness (QED) is 0.813. The summed E-state index contributed by atoms with van der Waals surface area (Å²) in [6.07, 6.45) is 1.59. The van der Waals surface area contributed by atoms with Gasteiger partial charge in [0.25, 0.3) is 5.91 Å². The first-order chi connectivity index (χ1) is 8.59. The van der Waals surface area contributed by atoms with Crippen molar-refractivity contribution in [2.24, 2.45) is 0 Å². The molecule has 2 aromatic rings. The standard InChI is InChI=1S/C14H13FN2O/c1-10-6-7-12(15)11(9-10)14(18)17(2)13-5-3-4-8-16-13/h3-9H,1-2H3. The normalized spacial score (nSPS) is 10.2. The lowest BCUT2D eigenvalue weighted by Gasteiger charge is -2.16. The molecule has 0 radical (unpaired) electrons. The van der Waals surface area contributed by atoms with E-state index in [4.69, 9.17) is 0 Å². The molecule has 3 nitrogen and oxygen atoms in total. The lowest BCUT2D eigenvalue weighted by atomic mass is 10.1. The minimum atomic E-state index is -0.520. The average Bonchev–Trinajstić information content (AvgIpc) is 2.41. The van der Waals surface area contributed by atoms with Crippen LogP contribution >= 0.6 is 0 Å². The lowest BCUT2D eigenvalue weighted by Crippen LogP contribution is -2.27. The third-order valence-corrected chi connectivity index (χ3v) is 2.65. The molecule has 0 bridgehead atoms. The zero-order valence-electron chi connectivity index (χ0n) is 10.2. The Hall–Kier alpha value is -2.23. The Labute approximate surface area is 105 Å². The second-order valence-electron chi connectivity index (χ2n) is 4.04. The van der Waals surface area contributed by atoms with Gasteiger partial charge in [0, 0.05) is 13.2 Å². The van der Waals surface area contributed by atoms with Gasteiger partial charge >= 0.3 is 0 Å². The molecule has 92 valence electrons. The van der Waals surface area contributed by atoms with Crippen LogP contribution in [0.25, 0.3) is 0 Å². The highest BCUT2D eigenvalue weighted by Crippen LogP contribution is 2.15. The molecule has 1 amide bonds. The Morgan fingerprint density at radius 3 is 2.72 bits per heavy atom. The van der Waals surface area contributed by atoms with Gasteiger partial charge in [0.15, 0.2) is 0 Å². The largest absolute Gasteiger partial charge is 0.296 e. The van der Waals surface area contributed by atoms with Crippen LogP contribution in [0.2, 0.25) is 0 Å². The molecular weight excluding hydrogens is 231 g/mol. The van der Waals surface area contributed by atoms with Crippen LogP contribution in [0, 0.1) is 12.7 Å². The molecule has 0 aliphatic rings. The number of rotatable bonds is 2. The third kappa shape index (κ3) is 2.37. The van der Waals surface area contributed by atoms with Crippen LogP contribution in [0.5, 0.6) is 0 Å². The monoisotopic (exact) mass is 244 g/mol. The summed E-state index contributed by atoms with van der Waals surface area (Å²) in [5.74, 6) is -0.438. The number of benzene rings is 1. The van der Waals surface area contributed by atoms with Gasteiger partial charge in [-0.1, -0.05) is 17.7 Å². The summed E-state index contributed by atoms with van der Waals surface area (Å²) in [4.78, 5) is 17.6. The zero-order valence-corrected chi connectivity index (χ0v) is 10.2. The fraction of sp³-hybridized carbons (Fsp3) is 0.143. The van der Waals surface area contributed by atoms with Crippen molar-refractivity contribution in [2.75, 3.05) is 11.9 Å². The van der Waals surface area contributed by atoms with Crippen molar-refractivity contribution in [3.8, 4) is 0 Å². The zero-order chi connectivity index (χ0) is 13.1. The number of aryl methyl sites for hydroxylation is 1. The number of carbonyl (C=O) groups excluding carboxylic acids is 1. The molecule has 18 heavy (non-hydrogen) atoms. The molecule has 2 rings (SSSR count). The molecule has 0 aliphatic heterocycles. The summed E-state index contributed by atoms with van der Waals surface area (Å²) >= 11 is 0. The van der Waals surface area contributed by atoms with Gasteiger partial charge in [-0.2, -0.15) is 0 Å². The van der Waals surface area contributed by atoms with Crippen LogP contribution < -0.4 is 4.90 Å². The first kappa shape index (κ1) is 12.2. The predicted octanol–water partition coefficient (Wildman–Crippen LogP) is 2.81. The molecule has 0 N–H and O–H groups in total. The Kier molecular flexibility index (Phi) is 3.37. The van der Waals surface area contributed by atoms with Crippen molar-refractivity contribution in [1.29, 1.82) is 0 Å². The summed E-state index contributed by atoms with van der Waals surface area (Å²) in [6, 6.07) is 9.71.